The molecule has 1 aliphatic rings. The van der Waals surface area contributed by atoms with Gasteiger partial charge in [0.25, 0.3) is 0 Å². The van der Waals surface area contributed by atoms with Gasteiger partial charge in [0, 0.05) is 10.9 Å². The van der Waals surface area contributed by atoms with Crippen LogP contribution >= 0.6 is 11.6 Å². The van der Waals surface area contributed by atoms with Crippen LogP contribution in [0.25, 0.3) is 0 Å². The van der Waals surface area contributed by atoms with E-state index in [2.05, 4.69) is 0 Å². The molecule has 0 aromatic heterocycles. The zero-order chi connectivity index (χ0) is 14.0. The smallest absolute Gasteiger partial charge is 0.388 e. The molecule has 1 saturated carbocycles. The predicted molar refractivity (Wildman–Crippen MR) is 67.9 cm³/mol. The molecule has 0 heterocycles. The Bertz CT molecular complexity index is 433. The summed E-state index contributed by atoms with van der Waals surface area (Å²) in [4.78, 5) is 0. The summed E-state index contributed by atoms with van der Waals surface area (Å²) in [6, 6.07) is 6.55. The second-order valence-corrected chi connectivity index (χ2v) is 5.47. The van der Waals surface area contributed by atoms with Crippen LogP contribution in [0.2, 0.25) is 5.02 Å². The topological polar surface area (TPSA) is 20.2 Å². The Balaban J connectivity index is 2.25. The van der Waals surface area contributed by atoms with Crippen LogP contribution in [-0.2, 0) is 0 Å². The van der Waals surface area contributed by atoms with Crippen LogP contribution in [0, 0.1) is 11.8 Å². The van der Waals surface area contributed by atoms with Gasteiger partial charge in [0.15, 0.2) is 0 Å². The summed E-state index contributed by atoms with van der Waals surface area (Å²) in [6.07, 6.45) is -3.64. The zero-order valence-corrected chi connectivity index (χ0v) is 11.1. The van der Waals surface area contributed by atoms with Crippen molar-refractivity contribution in [3.8, 4) is 0 Å². The van der Waals surface area contributed by atoms with Crippen LogP contribution in [0.15, 0.2) is 24.3 Å². The van der Waals surface area contributed by atoms with Crippen LogP contribution in [-0.4, -0.2) is 11.3 Å². The molecule has 0 amide bonds. The standard InChI is InChI=1S/C14H16ClF3O/c15-12-8-4-2-6-10(12)13(19)9-5-1-3-7-11(9)14(16,17)18/h2,4,6,8-9,11,13,19H,1,3,5,7H2. The van der Waals surface area contributed by atoms with Gasteiger partial charge in [0.1, 0.15) is 0 Å². The number of alkyl halides is 3. The average Bonchev–Trinajstić information content (AvgIpc) is 2.37. The van der Waals surface area contributed by atoms with Crippen molar-refractivity contribution in [2.45, 2.75) is 38.0 Å². The fourth-order valence-electron chi connectivity index (χ4n) is 2.89. The number of rotatable bonds is 2. The molecule has 3 atom stereocenters. The minimum atomic E-state index is -4.26. The Morgan fingerprint density at radius 2 is 1.79 bits per heavy atom. The molecule has 5 heteroatoms. The molecule has 1 nitrogen and oxygen atoms in total. The van der Waals surface area contributed by atoms with Gasteiger partial charge >= 0.3 is 6.18 Å². The van der Waals surface area contributed by atoms with Crippen molar-refractivity contribution < 1.29 is 18.3 Å². The maximum Gasteiger partial charge on any atom is 0.392 e. The molecule has 106 valence electrons. The van der Waals surface area contributed by atoms with E-state index < -0.39 is 24.1 Å². The lowest BCUT2D eigenvalue weighted by Gasteiger charge is -2.36. The Kier molecular flexibility index (Phi) is 4.41. The highest BCUT2D eigenvalue weighted by Gasteiger charge is 2.48. The van der Waals surface area contributed by atoms with Gasteiger partial charge in [-0.05, 0) is 24.5 Å². The van der Waals surface area contributed by atoms with Gasteiger partial charge in [-0.1, -0.05) is 42.6 Å². The van der Waals surface area contributed by atoms with E-state index in [1.54, 1.807) is 24.3 Å². The summed E-state index contributed by atoms with van der Waals surface area (Å²) < 4.78 is 39.1. The summed E-state index contributed by atoms with van der Waals surface area (Å²) in [7, 11) is 0. The van der Waals surface area contributed by atoms with Gasteiger partial charge in [0.05, 0.1) is 12.0 Å². The zero-order valence-electron chi connectivity index (χ0n) is 10.3. The van der Waals surface area contributed by atoms with Gasteiger partial charge in [0.2, 0.25) is 0 Å². The van der Waals surface area contributed by atoms with Crippen molar-refractivity contribution in [3.05, 3.63) is 34.9 Å². The van der Waals surface area contributed by atoms with E-state index in [1.807, 2.05) is 0 Å². The Morgan fingerprint density at radius 1 is 1.16 bits per heavy atom. The van der Waals surface area contributed by atoms with Crippen molar-refractivity contribution in [2.75, 3.05) is 0 Å². The van der Waals surface area contributed by atoms with Gasteiger partial charge in [-0.3, -0.25) is 0 Å². The third-order valence-corrected chi connectivity index (χ3v) is 4.21. The fourth-order valence-corrected chi connectivity index (χ4v) is 3.14. The van der Waals surface area contributed by atoms with E-state index in [9.17, 15) is 18.3 Å². The summed E-state index contributed by atoms with van der Waals surface area (Å²) in [6.45, 7) is 0. The highest BCUT2D eigenvalue weighted by Crippen LogP contribution is 2.47. The van der Waals surface area contributed by atoms with Crippen LogP contribution < -0.4 is 0 Å². The molecule has 1 aromatic carbocycles. The lowest BCUT2D eigenvalue weighted by molar-refractivity contribution is -0.207. The highest BCUT2D eigenvalue weighted by atomic mass is 35.5. The normalized spacial score (nSPS) is 26.2. The summed E-state index contributed by atoms with van der Waals surface area (Å²) >= 11 is 5.96. The van der Waals surface area contributed by atoms with Crippen molar-refractivity contribution in [1.29, 1.82) is 0 Å². The molecule has 0 bridgehead atoms. The Morgan fingerprint density at radius 3 is 2.42 bits per heavy atom. The number of benzene rings is 1. The molecule has 19 heavy (non-hydrogen) atoms. The average molecular weight is 293 g/mol. The van der Waals surface area contributed by atoms with E-state index in [-0.39, 0.29) is 6.42 Å². The van der Waals surface area contributed by atoms with Crippen molar-refractivity contribution in [1.82, 2.24) is 0 Å². The molecule has 1 aromatic rings. The summed E-state index contributed by atoms with van der Waals surface area (Å²) in [5.41, 5.74) is 0.394. The third kappa shape index (κ3) is 3.23. The van der Waals surface area contributed by atoms with Gasteiger partial charge < -0.3 is 5.11 Å². The molecule has 1 aliphatic carbocycles. The van der Waals surface area contributed by atoms with Crippen LogP contribution in [0.5, 0.6) is 0 Å². The molecule has 0 spiro atoms. The highest BCUT2D eigenvalue weighted by molar-refractivity contribution is 6.31. The van der Waals surface area contributed by atoms with Crippen molar-refractivity contribution >= 4 is 11.6 Å². The Labute approximate surface area is 115 Å². The van der Waals surface area contributed by atoms with Crippen molar-refractivity contribution in [2.24, 2.45) is 11.8 Å². The first-order chi connectivity index (χ1) is 8.91. The third-order valence-electron chi connectivity index (χ3n) is 3.87. The first kappa shape index (κ1) is 14.7. The molecular weight excluding hydrogens is 277 g/mol. The van der Waals surface area contributed by atoms with E-state index in [1.165, 1.54) is 0 Å². The van der Waals surface area contributed by atoms with Gasteiger partial charge in [-0.15, -0.1) is 0 Å². The number of hydrogen-bond donors (Lipinski definition) is 1. The van der Waals surface area contributed by atoms with Crippen LogP contribution in [0.1, 0.15) is 37.4 Å². The molecule has 1 fully saturated rings. The Hall–Kier alpha value is -0.740. The second-order valence-electron chi connectivity index (χ2n) is 5.06. The van der Waals surface area contributed by atoms with E-state index in [4.69, 9.17) is 11.6 Å². The molecular formula is C14H16ClF3O. The van der Waals surface area contributed by atoms with E-state index in [0.717, 1.165) is 6.42 Å². The number of aliphatic hydroxyl groups is 1. The van der Waals surface area contributed by atoms with Crippen LogP contribution in [0.3, 0.4) is 0 Å². The molecule has 2 rings (SSSR count). The molecule has 1 N–H and O–H groups in total. The van der Waals surface area contributed by atoms with Gasteiger partial charge in [-0.2, -0.15) is 13.2 Å². The quantitative estimate of drug-likeness (QED) is 0.834. The number of hydrogen-bond acceptors (Lipinski definition) is 1. The van der Waals surface area contributed by atoms with E-state index in [0.29, 0.717) is 23.4 Å². The second kappa shape index (κ2) is 5.71. The molecule has 0 aliphatic heterocycles. The minimum Gasteiger partial charge on any atom is -0.388 e. The number of halogens is 4. The maximum absolute atomic E-state index is 13.0. The maximum atomic E-state index is 13.0. The molecule has 3 unspecified atom stereocenters. The molecule has 0 saturated heterocycles. The minimum absolute atomic E-state index is 0.0929. The lowest BCUT2D eigenvalue weighted by Crippen LogP contribution is -2.36. The first-order valence-corrected chi connectivity index (χ1v) is 6.78. The first-order valence-electron chi connectivity index (χ1n) is 6.40. The van der Waals surface area contributed by atoms with Crippen molar-refractivity contribution in [3.63, 3.8) is 0 Å². The SMILES string of the molecule is OC(c1ccccc1Cl)C1CCCCC1C(F)(F)F. The number of aliphatic hydroxyl groups excluding tert-OH is 1. The summed E-state index contributed by atoms with van der Waals surface area (Å²) in [5.74, 6) is -2.24. The monoisotopic (exact) mass is 292 g/mol. The molecule has 0 radical (unpaired) electrons. The largest absolute Gasteiger partial charge is 0.392 e. The lowest BCUT2D eigenvalue weighted by atomic mass is 9.74. The van der Waals surface area contributed by atoms with Crippen LogP contribution in [0.4, 0.5) is 13.2 Å². The van der Waals surface area contributed by atoms with E-state index >= 15 is 0 Å². The predicted octanol–water partition coefficient (Wildman–Crippen LogP) is 4.74. The summed E-state index contributed by atoms with van der Waals surface area (Å²) in [5, 5.41) is 10.6. The van der Waals surface area contributed by atoms with Gasteiger partial charge in [-0.25, -0.2) is 0 Å². The fraction of sp³-hybridized carbons (Fsp3) is 0.571.